The standard InChI is InChI=1S/C20H26N2O4/c1-5-21(6-2)19(25)15-9-13-11-17(23)18(24)12-14(13)10-16(15)20(26)22(7-3)8-4/h9-12,23-24H,5-8H2,1-4H3. The van der Waals surface area contributed by atoms with Crippen LogP contribution in [0.2, 0.25) is 0 Å². The highest BCUT2D eigenvalue weighted by Gasteiger charge is 2.24. The van der Waals surface area contributed by atoms with E-state index in [1.54, 1.807) is 21.9 Å². The second-order valence-electron chi connectivity index (χ2n) is 6.04. The summed E-state index contributed by atoms with van der Waals surface area (Å²) < 4.78 is 0. The van der Waals surface area contributed by atoms with E-state index in [-0.39, 0.29) is 23.3 Å². The van der Waals surface area contributed by atoms with E-state index >= 15 is 0 Å². The average Bonchev–Trinajstić information content (AvgIpc) is 2.63. The fourth-order valence-electron chi connectivity index (χ4n) is 3.04. The SMILES string of the molecule is CCN(CC)C(=O)c1cc2cc(O)c(O)cc2cc1C(=O)N(CC)CC. The molecule has 0 spiro atoms. The molecule has 26 heavy (non-hydrogen) atoms. The molecule has 0 saturated heterocycles. The minimum atomic E-state index is -0.262. The molecule has 2 aromatic rings. The Morgan fingerprint density at radius 2 is 1.00 bits per heavy atom. The highest BCUT2D eigenvalue weighted by atomic mass is 16.3. The average molecular weight is 358 g/mol. The fourth-order valence-corrected chi connectivity index (χ4v) is 3.04. The maximum Gasteiger partial charge on any atom is 0.254 e. The van der Waals surface area contributed by atoms with Crippen LogP contribution in [0, 0.1) is 0 Å². The van der Waals surface area contributed by atoms with Gasteiger partial charge in [-0.2, -0.15) is 0 Å². The molecule has 0 heterocycles. The molecular formula is C20H26N2O4. The second kappa shape index (κ2) is 8.08. The summed E-state index contributed by atoms with van der Waals surface area (Å²) in [5.74, 6) is -0.969. The van der Waals surface area contributed by atoms with E-state index in [2.05, 4.69) is 0 Å². The van der Waals surface area contributed by atoms with Gasteiger partial charge in [0.05, 0.1) is 11.1 Å². The third kappa shape index (κ3) is 3.59. The molecule has 0 radical (unpaired) electrons. The number of aromatic hydroxyl groups is 2. The number of hydrogen-bond donors (Lipinski definition) is 2. The smallest absolute Gasteiger partial charge is 0.254 e. The molecule has 0 unspecified atom stereocenters. The lowest BCUT2D eigenvalue weighted by atomic mass is 9.98. The van der Waals surface area contributed by atoms with Gasteiger partial charge in [-0.05, 0) is 62.7 Å². The molecule has 0 aliphatic rings. The molecule has 6 nitrogen and oxygen atoms in total. The number of amides is 2. The zero-order valence-electron chi connectivity index (χ0n) is 15.7. The number of rotatable bonds is 6. The van der Waals surface area contributed by atoms with E-state index in [9.17, 15) is 19.8 Å². The summed E-state index contributed by atoms with van der Waals surface area (Å²) >= 11 is 0. The first-order valence-corrected chi connectivity index (χ1v) is 8.96. The Hall–Kier alpha value is -2.76. The number of nitrogens with zero attached hydrogens (tertiary/aromatic N) is 2. The Morgan fingerprint density at radius 3 is 1.27 bits per heavy atom. The normalized spacial score (nSPS) is 10.8. The number of carbonyl (C=O) groups excluding carboxylic acids is 2. The number of hydrogen-bond acceptors (Lipinski definition) is 4. The molecule has 0 atom stereocenters. The van der Waals surface area contributed by atoms with Crippen molar-refractivity contribution in [3.05, 3.63) is 35.4 Å². The van der Waals surface area contributed by atoms with Gasteiger partial charge in [0.2, 0.25) is 0 Å². The van der Waals surface area contributed by atoms with Crippen molar-refractivity contribution in [2.75, 3.05) is 26.2 Å². The quantitative estimate of drug-likeness (QED) is 0.777. The van der Waals surface area contributed by atoms with Crippen LogP contribution in [-0.2, 0) is 0 Å². The number of phenolic OH excluding ortho intramolecular Hbond substituents is 2. The van der Waals surface area contributed by atoms with Gasteiger partial charge in [0.25, 0.3) is 11.8 Å². The third-order valence-electron chi connectivity index (χ3n) is 4.63. The van der Waals surface area contributed by atoms with E-state index in [1.807, 2.05) is 27.7 Å². The van der Waals surface area contributed by atoms with Crippen LogP contribution in [0.15, 0.2) is 24.3 Å². The van der Waals surface area contributed by atoms with Gasteiger partial charge in [-0.1, -0.05) is 0 Å². The predicted molar refractivity (Wildman–Crippen MR) is 102 cm³/mol. The molecule has 0 aliphatic carbocycles. The van der Waals surface area contributed by atoms with Crippen molar-refractivity contribution in [3.8, 4) is 11.5 Å². The van der Waals surface area contributed by atoms with Crippen LogP contribution in [0.4, 0.5) is 0 Å². The predicted octanol–water partition coefficient (Wildman–Crippen LogP) is 3.22. The molecule has 0 aliphatic heterocycles. The van der Waals surface area contributed by atoms with Gasteiger partial charge in [-0.15, -0.1) is 0 Å². The fraction of sp³-hybridized carbons (Fsp3) is 0.400. The summed E-state index contributed by atoms with van der Waals surface area (Å²) in [6, 6.07) is 6.03. The van der Waals surface area contributed by atoms with Crippen LogP contribution in [-0.4, -0.2) is 58.0 Å². The van der Waals surface area contributed by atoms with Crippen molar-refractivity contribution in [2.45, 2.75) is 27.7 Å². The van der Waals surface area contributed by atoms with Crippen molar-refractivity contribution in [1.29, 1.82) is 0 Å². The molecule has 6 heteroatoms. The van der Waals surface area contributed by atoms with Crippen LogP contribution >= 0.6 is 0 Å². The molecule has 0 bridgehead atoms. The van der Waals surface area contributed by atoms with Crippen molar-refractivity contribution in [2.24, 2.45) is 0 Å². The van der Waals surface area contributed by atoms with E-state index in [0.717, 1.165) is 0 Å². The molecule has 2 amide bonds. The Morgan fingerprint density at radius 1 is 0.692 bits per heavy atom. The van der Waals surface area contributed by atoms with Crippen LogP contribution < -0.4 is 0 Å². The Balaban J connectivity index is 2.72. The van der Waals surface area contributed by atoms with E-state index in [0.29, 0.717) is 48.1 Å². The third-order valence-corrected chi connectivity index (χ3v) is 4.63. The maximum absolute atomic E-state index is 13.0. The van der Waals surface area contributed by atoms with Crippen molar-refractivity contribution in [3.63, 3.8) is 0 Å². The molecule has 0 saturated carbocycles. The number of fused-ring (bicyclic) bond motifs is 1. The van der Waals surface area contributed by atoms with Gasteiger partial charge in [0, 0.05) is 26.2 Å². The van der Waals surface area contributed by atoms with Crippen molar-refractivity contribution in [1.82, 2.24) is 9.80 Å². The summed E-state index contributed by atoms with van der Waals surface area (Å²) in [4.78, 5) is 29.2. The summed E-state index contributed by atoms with van der Waals surface area (Å²) in [5, 5.41) is 20.7. The van der Waals surface area contributed by atoms with E-state index < -0.39 is 0 Å². The molecule has 2 rings (SSSR count). The number of benzene rings is 2. The monoisotopic (exact) mass is 358 g/mol. The first kappa shape index (κ1) is 19.6. The van der Waals surface area contributed by atoms with Crippen LogP contribution in [0.3, 0.4) is 0 Å². The largest absolute Gasteiger partial charge is 0.504 e. The second-order valence-corrected chi connectivity index (χ2v) is 6.04. The van der Waals surface area contributed by atoms with Gasteiger partial charge in [0.15, 0.2) is 11.5 Å². The Kier molecular flexibility index (Phi) is 6.08. The van der Waals surface area contributed by atoms with E-state index in [1.165, 1.54) is 12.1 Å². The lowest BCUT2D eigenvalue weighted by molar-refractivity contribution is 0.0734. The zero-order chi connectivity index (χ0) is 19.4. The summed E-state index contributed by atoms with van der Waals surface area (Å²) in [7, 11) is 0. The van der Waals surface area contributed by atoms with Gasteiger partial charge in [0.1, 0.15) is 0 Å². The Bertz CT molecular complexity index is 756. The lowest BCUT2D eigenvalue weighted by Crippen LogP contribution is -2.35. The van der Waals surface area contributed by atoms with Gasteiger partial charge in [-0.25, -0.2) is 0 Å². The van der Waals surface area contributed by atoms with Gasteiger partial charge >= 0.3 is 0 Å². The minimum absolute atomic E-state index is 0.222. The van der Waals surface area contributed by atoms with Crippen molar-refractivity contribution >= 4 is 22.6 Å². The van der Waals surface area contributed by atoms with Gasteiger partial charge < -0.3 is 20.0 Å². The molecule has 2 aromatic carbocycles. The number of carbonyl (C=O) groups is 2. The van der Waals surface area contributed by atoms with Crippen LogP contribution in [0.5, 0.6) is 11.5 Å². The summed E-state index contributed by atoms with van der Waals surface area (Å²) in [6.45, 7) is 9.69. The first-order chi connectivity index (χ1) is 12.4. The van der Waals surface area contributed by atoms with E-state index in [4.69, 9.17) is 0 Å². The lowest BCUT2D eigenvalue weighted by Gasteiger charge is -2.24. The highest BCUT2D eigenvalue weighted by molar-refractivity contribution is 6.11. The molecule has 140 valence electrons. The molecule has 2 N–H and O–H groups in total. The van der Waals surface area contributed by atoms with Crippen LogP contribution in [0.1, 0.15) is 48.4 Å². The minimum Gasteiger partial charge on any atom is -0.504 e. The molecular weight excluding hydrogens is 332 g/mol. The topological polar surface area (TPSA) is 81.1 Å². The molecule has 0 aromatic heterocycles. The van der Waals surface area contributed by atoms with Crippen LogP contribution in [0.25, 0.3) is 10.8 Å². The van der Waals surface area contributed by atoms with Crippen molar-refractivity contribution < 1.29 is 19.8 Å². The zero-order valence-corrected chi connectivity index (χ0v) is 15.7. The Labute approximate surface area is 153 Å². The first-order valence-electron chi connectivity index (χ1n) is 8.96. The summed E-state index contributed by atoms with van der Waals surface area (Å²) in [6.07, 6.45) is 0. The molecule has 0 fully saturated rings. The number of phenols is 2. The summed E-state index contributed by atoms with van der Waals surface area (Å²) in [5.41, 5.74) is 0.617. The maximum atomic E-state index is 13.0. The van der Waals surface area contributed by atoms with Gasteiger partial charge in [-0.3, -0.25) is 9.59 Å². The highest BCUT2D eigenvalue weighted by Crippen LogP contribution is 2.32.